The first kappa shape index (κ1) is 15.0. The molecule has 20 heavy (non-hydrogen) atoms. The number of aliphatic hydroxyl groups excluding tert-OH is 1. The summed E-state index contributed by atoms with van der Waals surface area (Å²) in [5, 5.41) is 17.3. The Labute approximate surface area is 123 Å². The molecule has 0 aliphatic rings. The molecule has 1 unspecified atom stereocenters. The van der Waals surface area contributed by atoms with E-state index < -0.39 is 0 Å². The molecule has 0 spiro atoms. The van der Waals surface area contributed by atoms with E-state index in [1.165, 1.54) is 6.33 Å². The molecule has 2 N–H and O–H groups in total. The maximum Gasteiger partial charge on any atom is 0.255 e. The highest BCUT2D eigenvalue weighted by Gasteiger charge is 2.26. The topological polar surface area (TPSA) is 75.3 Å². The quantitative estimate of drug-likeness (QED) is 0.847. The van der Waals surface area contributed by atoms with Crippen LogP contribution in [0.4, 0.5) is 5.82 Å². The summed E-state index contributed by atoms with van der Waals surface area (Å²) in [7, 11) is 0. The van der Waals surface area contributed by atoms with E-state index in [2.05, 4.69) is 41.2 Å². The predicted octanol–water partition coefficient (Wildman–Crippen LogP) is 2.30. The van der Waals surface area contributed by atoms with Crippen LogP contribution in [-0.2, 0) is 0 Å². The Hall–Kier alpha value is -1.40. The van der Waals surface area contributed by atoms with E-state index >= 15 is 0 Å². The predicted molar refractivity (Wildman–Crippen MR) is 79.1 cm³/mol. The maximum absolute atomic E-state index is 9.26. The van der Waals surface area contributed by atoms with Crippen molar-refractivity contribution in [3.63, 3.8) is 0 Å². The lowest BCUT2D eigenvalue weighted by Gasteiger charge is -2.32. The standard InChI is InChI=1S/C13H20ClN5O/c1-8-10(14)18-12-15-7-16-19(12)11(8)17-9(5-6-20)13(2,3)4/h7,9,17,20H,5-6H2,1-4H3. The monoisotopic (exact) mass is 297 g/mol. The van der Waals surface area contributed by atoms with Gasteiger partial charge in [-0.05, 0) is 18.8 Å². The third-order valence-corrected chi connectivity index (χ3v) is 3.75. The lowest BCUT2D eigenvalue weighted by Crippen LogP contribution is -2.36. The van der Waals surface area contributed by atoms with Crippen molar-refractivity contribution in [3.05, 3.63) is 17.0 Å². The average Bonchev–Trinajstić information content (AvgIpc) is 2.80. The molecule has 0 aliphatic heterocycles. The zero-order valence-electron chi connectivity index (χ0n) is 12.2. The van der Waals surface area contributed by atoms with Crippen molar-refractivity contribution in [1.82, 2.24) is 19.6 Å². The van der Waals surface area contributed by atoms with Gasteiger partial charge in [0.1, 0.15) is 17.3 Å². The molecular weight excluding hydrogens is 278 g/mol. The van der Waals surface area contributed by atoms with Crippen molar-refractivity contribution in [1.29, 1.82) is 0 Å². The molecule has 0 radical (unpaired) electrons. The van der Waals surface area contributed by atoms with Gasteiger partial charge in [0.05, 0.1) is 0 Å². The van der Waals surface area contributed by atoms with Crippen LogP contribution in [0.1, 0.15) is 32.8 Å². The number of anilines is 1. The van der Waals surface area contributed by atoms with Gasteiger partial charge < -0.3 is 10.4 Å². The van der Waals surface area contributed by atoms with E-state index in [0.717, 1.165) is 11.4 Å². The Morgan fingerprint density at radius 2 is 2.15 bits per heavy atom. The second kappa shape index (κ2) is 5.54. The summed E-state index contributed by atoms with van der Waals surface area (Å²) in [6, 6.07) is 0.0806. The van der Waals surface area contributed by atoms with Gasteiger partial charge in [0.2, 0.25) is 0 Å². The van der Waals surface area contributed by atoms with Gasteiger partial charge in [-0.25, -0.2) is 0 Å². The summed E-state index contributed by atoms with van der Waals surface area (Å²) < 4.78 is 1.64. The second-order valence-corrected chi connectivity index (χ2v) is 6.28. The number of nitrogens with one attached hydrogen (secondary N) is 1. The molecule has 7 heteroatoms. The highest BCUT2D eigenvalue weighted by molar-refractivity contribution is 6.30. The summed E-state index contributed by atoms with van der Waals surface area (Å²) in [5.41, 5.74) is 0.800. The van der Waals surface area contributed by atoms with Gasteiger partial charge in [0.25, 0.3) is 5.78 Å². The number of rotatable bonds is 4. The molecule has 2 rings (SSSR count). The summed E-state index contributed by atoms with van der Waals surface area (Å²) in [4.78, 5) is 8.24. The molecule has 0 aromatic carbocycles. The van der Waals surface area contributed by atoms with Crippen LogP contribution >= 0.6 is 11.6 Å². The van der Waals surface area contributed by atoms with Crippen LogP contribution in [0.15, 0.2) is 6.33 Å². The van der Waals surface area contributed by atoms with Crippen LogP contribution in [0.5, 0.6) is 0 Å². The summed E-state index contributed by atoms with van der Waals surface area (Å²) >= 11 is 6.14. The first-order valence-corrected chi connectivity index (χ1v) is 6.95. The van der Waals surface area contributed by atoms with Crippen molar-refractivity contribution in [2.75, 3.05) is 11.9 Å². The fraction of sp³-hybridized carbons (Fsp3) is 0.615. The second-order valence-electron chi connectivity index (χ2n) is 5.92. The fourth-order valence-electron chi connectivity index (χ4n) is 2.08. The molecule has 6 nitrogen and oxygen atoms in total. The molecule has 2 aromatic rings. The number of hydrogen-bond donors (Lipinski definition) is 2. The summed E-state index contributed by atoms with van der Waals surface area (Å²) in [6.07, 6.45) is 2.08. The number of aliphatic hydroxyl groups is 1. The van der Waals surface area contributed by atoms with Gasteiger partial charge in [-0.3, -0.25) is 0 Å². The van der Waals surface area contributed by atoms with E-state index in [-0.39, 0.29) is 18.1 Å². The molecule has 2 aromatic heterocycles. The number of nitrogens with zero attached hydrogens (tertiary/aromatic N) is 4. The van der Waals surface area contributed by atoms with E-state index in [0.29, 0.717) is 17.4 Å². The lowest BCUT2D eigenvalue weighted by atomic mass is 9.85. The Morgan fingerprint density at radius 3 is 2.75 bits per heavy atom. The van der Waals surface area contributed by atoms with Gasteiger partial charge >= 0.3 is 0 Å². The molecular formula is C13H20ClN5O. The van der Waals surface area contributed by atoms with Crippen molar-refractivity contribution in [3.8, 4) is 0 Å². The van der Waals surface area contributed by atoms with Gasteiger partial charge in [0, 0.05) is 18.2 Å². The smallest absolute Gasteiger partial charge is 0.255 e. The van der Waals surface area contributed by atoms with Crippen molar-refractivity contribution in [2.24, 2.45) is 5.41 Å². The molecule has 0 amide bonds. The highest BCUT2D eigenvalue weighted by atomic mass is 35.5. The summed E-state index contributed by atoms with van der Waals surface area (Å²) in [5.74, 6) is 1.23. The van der Waals surface area contributed by atoms with E-state index in [1.807, 2.05) is 6.92 Å². The van der Waals surface area contributed by atoms with Crippen LogP contribution in [0.2, 0.25) is 5.15 Å². The molecule has 0 bridgehead atoms. The van der Waals surface area contributed by atoms with Crippen molar-refractivity contribution < 1.29 is 5.11 Å². The van der Waals surface area contributed by atoms with Crippen LogP contribution in [0.25, 0.3) is 5.78 Å². The number of aromatic nitrogens is 4. The van der Waals surface area contributed by atoms with Gasteiger partial charge in [-0.15, -0.1) is 0 Å². The van der Waals surface area contributed by atoms with Gasteiger partial charge in [-0.2, -0.15) is 19.6 Å². The van der Waals surface area contributed by atoms with Crippen LogP contribution < -0.4 is 5.32 Å². The maximum atomic E-state index is 9.26. The third kappa shape index (κ3) is 2.86. The number of halogens is 1. The third-order valence-electron chi connectivity index (χ3n) is 3.38. The van der Waals surface area contributed by atoms with E-state index in [4.69, 9.17) is 11.6 Å². The molecule has 0 fully saturated rings. The van der Waals surface area contributed by atoms with Crippen molar-refractivity contribution >= 4 is 23.2 Å². The normalized spacial score (nSPS) is 13.7. The minimum atomic E-state index is -0.0161. The molecule has 110 valence electrons. The summed E-state index contributed by atoms with van der Waals surface area (Å²) in [6.45, 7) is 8.37. The number of fused-ring (bicyclic) bond motifs is 1. The van der Waals surface area contributed by atoms with Crippen LogP contribution in [0.3, 0.4) is 0 Å². The minimum Gasteiger partial charge on any atom is -0.396 e. The molecule has 0 saturated carbocycles. The van der Waals surface area contributed by atoms with Crippen molar-refractivity contribution in [2.45, 2.75) is 40.2 Å². The Kier molecular flexibility index (Phi) is 4.15. The Morgan fingerprint density at radius 1 is 1.45 bits per heavy atom. The SMILES string of the molecule is Cc1c(Cl)nc2ncnn2c1NC(CCO)C(C)(C)C. The zero-order valence-corrected chi connectivity index (χ0v) is 12.9. The first-order chi connectivity index (χ1) is 9.34. The fourth-order valence-corrected chi connectivity index (χ4v) is 2.25. The minimum absolute atomic E-state index is 0.0161. The zero-order chi connectivity index (χ0) is 14.9. The molecule has 2 heterocycles. The Balaban J connectivity index is 2.46. The molecule has 0 saturated heterocycles. The highest BCUT2D eigenvalue weighted by Crippen LogP contribution is 2.29. The Bertz CT molecular complexity index is 605. The van der Waals surface area contributed by atoms with E-state index in [9.17, 15) is 5.11 Å². The average molecular weight is 298 g/mol. The van der Waals surface area contributed by atoms with Gasteiger partial charge in [-0.1, -0.05) is 32.4 Å². The molecule has 0 aliphatic carbocycles. The van der Waals surface area contributed by atoms with E-state index in [1.54, 1.807) is 4.52 Å². The van der Waals surface area contributed by atoms with Gasteiger partial charge in [0.15, 0.2) is 0 Å². The number of hydrogen-bond acceptors (Lipinski definition) is 5. The van der Waals surface area contributed by atoms with Crippen LogP contribution in [0, 0.1) is 12.3 Å². The largest absolute Gasteiger partial charge is 0.396 e. The lowest BCUT2D eigenvalue weighted by molar-refractivity contribution is 0.235. The molecule has 1 atom stereocenters. The van der Waals surface area contributed by atoms with Crippen LogP contribution in [-0.4, -0.2) is 37.3 Å². The first-order valence-electron chi connectivity index (χ1n) is 6.58.